The first-order valence-electron chi connectivity index (χ1n) is 15.2. The van der Waals surface area contributed by atoms with Crippen LogP contribution in [-0.4, -0.2) is 43.3 Å². The van der Waals surface area contributed by atoms with Crippen molar-refractivity contribution in [2.75, 3.05) is 18.6 Å². The Balaban J connectivity index is 0.000000648. The first-order chi connectivity index (χ1) is 18.8. The van der Waals surface area contributed by atoms with Crippen LogP contribution >= 0.6 is 5.45 Å². The topological polar surface area (TPSA) is 66.4 Å². The molecule has 0 bridgehead atoms. The molecule has 2 aromatic rings. The third kappa shape index (κ3) is 8.39. The van der Waals surface area contributed by atoms with Gasteiger partial charge in [-0.3, -0.25) is 4.55 Å². The molecule has 7 heteroatoms. The minimum absolute atomic E-state index is 0.715. The molecule has 3 aliphatic carbocycles. The van der Waals surface area contributed by atoms with Crippen LogP contribution in [0.15, 0.2) is 48.5 Å². The summed E-state index contributed by atoms with van der Waals surface area (Å²) in [7, 11) is -1.59. The Hall–Kier alpha value is -0.758. The molecule has 0 aromatic heterocycles. The molecule has 2 N–H and O–H groups in total. The Morgan fingerprint density at radius 3 is 1.51 bits per heavy atom. The maximum Gasteiger partial charge on any atom is 0.261 e. The van der Waals surface area contributed by atoms with Crippen LogP contribution in [0.3, 0.4) is 0 Å². The van der Waals surface area contributed by atoms with E-state index in [0.29, 0.717) is 6.26 Å². The molecule has 0 aliphatic heterocycles. The summed E-state index contributed by atoms with van der Waals surface area (Å²) in [5.74, 6) is 0. The van der Waals surface area contributed by atoms with Crippen LogP contribution in [0.1, 0.15) is 96.3 Å². The summed E-state index contributed by atoms with van der Waals surface area (Å²) in [6, 6.07) is 18.6. The van der Waals surface area contributed by atoms with Gasteiger partial charge in [0.2, 0.25) is 0 Å². The maximum absolute atomic E-state index is 9.19. The van der Waals surface area contributed by atoms with Gasteiger partial charge in [0.1, 0.15) is 0 Å². The summed E-state index contributed by atoms with van der Waals surface area (Å²) in [5.41, 5.74) is 6.00. The molecule has 4 nitrogen and oxygen atoms in total. The first kappa shape index (κ1) is 31.2. The van der Waals surface area contributed by atoms with Crippen molar-refractivity contribution in [3.63, 3.8) is 0 Å². The molecule has 0 spiro atoms. The fraction of sp³-hybridized carbons (Fsp3) is 0.625. The van der Waals surface area contributed by atoms with Crippen molar-refractivity contribution in [1.82, 2.24) is 0 Å². The van der Waals surface area contributed by atoms with Gasteiger partial charge in [0.05, 0.1) is 6.26 Å². The van der Waals surface area contributed by atoms with Gasteiger partial charge >= 0.3 is 218 Å². The van der Waals surface area contributed by atoms with Gasteiger partial charge in [0.15, 0.2) is 0 Å². The number of hydrogen-bond acceptors (Lipinski definition) is 3. The van der Waals surface area contributed by atoms with Gasteiger partial charge < -0.3 is 0 Å². The fourth-order valence-electron chi connectivity index (χ4n) is 7.59. The molecule has 2 aromatic carbocycles. The van der Waals surface area contributed by atoms with Crippen molar-refractivity contribution >= 4 is 25.3 Å². The zero-order valence-corrected chi connectivity index (χ0v) is 27.3. The van der Waals surface area contributed by atoms with Gasteiger partial charge in [0.25, 0.3) is 10.1 Å². The van der Waals surface area contributed by atoms with E-state index in [0.717, 1.165) is 34.5 Å². The van der Waals surface area contributed by atoms with Gasteiger partial charge in [-0.2, -0.15) is 8.42 Å². The van der Waals surface area contributed by atoms with Gasteiger partial charge in [0, 0.05) is 0 Å². The number of benzene rings is 2. The van der Waals surface area contributed by atoms with Crippen LogP contribution in [-0.2, 0) is 27.6 Å². The largest absolute Gasteiger partial charge is 0.286 e. The second kappa shape index (κ2) is 14.9. The second-order valence-electron chi connectivity index (χ2n) is 11.8. The van der Waals surface area contributed by atoms with Crippen LogP contribution < -0.4 is 9.35 Å². The molecule has 0 saturated heterocycles. The predicted molar refractivity (Wildman–Crippen MR) is 167 cm³/mol. The Kier molecular flexibility index (Phi) is 11.9. The van der Waals surface area contributed by atoms with Crippen LogP contribution in [0.5, 0.6) is 0 Å². The van der Waals surface area contributed by atoms with Gasteiger partial charge in [-0.15, -0.1) is 0 Å². The van der Waals surface area contributed by atoms with Crippen molar-refractivity contribution in [2.45, 2.75) is 113 Å². The molecule has 39 heavy (non-hydrogen) atoms. The van der Waals surface area contributed by atoms with E-state index in [9.17, 15) is 8.42 Å². The van der Waals surface area contributed by atoms with Crippen LogP contribution in [0, 0.1) is 0 Å². The smallest absolute Gasteiger partial charge is 0.261 e. The van der Waals surface area contributed by atoms with Gasteiger partial charge in [-0.1, -0.05) is 0 Å². The molecule has 3 saturated carbocycles. The van der Waals surface area contributed by atoms with Crippen LogP contribution in [0.4, 0.5) is 5.69 Å². The average Bonchev–Trinajstić information content (AvgIpc) is 2.97. The van der Waals surface area contributed by atoms with Crippen molar-refractivity contribution in [3.05, 3.63) is 48.5 Å². The van der Waals surface area contributed by atoms with E-state index < -0.39 is 15.6 Å². The molecule has 222 valence electrons. The van der Waals surface area contributed by atoms with E-state index >= 15 is 0 Å². The Labute approximate surface area is 246 Å². The van der Waals surface area contributed by atoms with E-state index in [1.165, 1.54) is 74.6 Å². The van der Waals surface area contributed by atoms with Gasteiger partial charge in [-0.05, 0) is 0 Å². The van der Waals surface area contributed by atoms with Gasteiger partial charge in [-0.25, -0.2) is 0 Å². The normalized spacial score (nSPS) is 20.7. The third-order valence-corrected chi connectivity index (χ3v) is 24.6. The Morgan fingerprint density at radius 2 is 1.08 bits per heavy atom. The van der Waals surface area contributed by atoms with Crippen molar-refractivity contribution in [1.29, 1.82) is 0 Å². The van der Waals surface area contributed by atoms with Crippen LogP contribution in [0.25, 0.3) is 11.1 Å². The molecule has 0 atom stereocenters. The molecule has 5 rings (SSSR count). The number of para-hydroxylation sites is 1. The van der Waals surface area contributed by atoms with Crippen LogP contribution in [0.2, 0.25) is 0 Å². The first-order valence-corrected chi connectivity index (χ1v) is 22.2. The summed E-state index contributed by atoms with van der Waals surface area (Å²) >= 11 is 0.809. The molecular formula is C32H50NO3PPdS. The molecular weight excluding hydrogens is 616 g/mol. The van der Waals surface area contributed by atoms with Crippen molar-refractivity contribution in [2.24, 2.45) is 0 Å². The number of nitrogens with one attached hydrogen (secondary N) is 1. The van der Waals surface area contributed by atoms with E-state index in [2.05, 4.69) is 60.9 Å². The Bertz CT molecular complexity index is 1090. The summed E-state index contributed by atoms with van der Waals surface area (Å²) in [5, 5.41) is 3.49. The van der Waals surface area contributed by atoms with E-state index in [1.54, 1.807) is 42.6 Å². The fourth-order valence-corrected chi connectivity index (χ4v) is 24.8. The van der Waals surface area contributed by atoms with Crippen molar-refractivity contribution in [3.8, 4) is 11.1 Å². The number of rotatable bonds is 7. The van der Waals surface area contributed by atoms with E-state index in [4.69, 9.17) is 4.55 Å². The summed E-state index contributed by atoms with van der Waals surface area (Å²) in [6.07, 6.45) is 23.6. The SMILES string of the molecule is CNc1ccccc1-c1cccc[c]1[Pd][PH](C1CCCCC1)(C1CCCCC1)C1CCCCC1.CS(=O)(=O)O. The summed E-state index contributed by atoms with van der Waals surface area (Å²) in [4.78, 5) is 0. The monoisotopic (exact) mass is 665 g/mol. The zero-order valence-electron chi connectivity index (χ0n) is 23.9. The second-order valence-corrected chi connectivity index (χ2v) is 23.5. The molecule has 3 fully saturated rings. The number of hydrogen-bond donors (Lipinski definition) is 2. The summed E-state index contributed by atoms with van der Waals surface area (Å²) < 4.78 is 27.6. The molecule has 3 aliphatic rings. The van der Waals surface area contributed by atoms with Crippen molar-refractivity contribution < 1.29 is 30.5 Å². The van der Waals surface area contributed by atoms with E-state index in [-0.39, 0.29) is 0 Å². The molecule has 0 amide bonds. The Morgan fingerprint density at radius 1 is 0.692 bits per heavy atom. The molecule has 0 heterocycles. The number of anilines is 1. The predicted octanol–water partition coefficient (Wildman–Crippen LogP) is 8.27. The molecule has 0 unspecified atom stereocenters. The van der Waals surface area contributed by atoms with E-state index in [1.807, 2.05) is 0 Å². The minimum atomic E-state index is -3.67. The zero-order chi connectivity index (χ0) is 27.7. The average molecular weight is 666 g/mol. The maximum atomic E-state index is 9.19. The quantitative estimate of drug-likeness (QED) is 0.178. The standard InChI is InChI=1S/C18H33P.C13H12N.CH4O3S.Pd/c1-4-10-16(11-5-1)19(17-12-6-2-7-13-17)18-14-8-3-9-15-18;1-14-13-10-6-5-9-12(13)11-7-3-2-4-8-11;1-5(2,3)4;/h16-18H,1-15H2;2-7,9-10,14H,1H3;1H3,(H,2,3,4);/q;;;-1/p+1. The third-order valence-electron chi connectivity index (χ3n) is 9.17. The molecule has 0 radical (unpaired) electrons. The minimum Gasteiger partial charge on any atom is -0.286 e. The summed E-state index contributed by atoms with van der Waals surface area (Å²) in [6.45, 7) is 0.